The summed E-state index contributed by atoms with van der Waals surface area (Å²) in [5, 5.41) is 10.2. The molecule has 5 heteroatoms. The summed E-state index contributed by atoms with van der Waals surface area (Å²) in [6.45, 7) is -2.38. The van der Waals surface area contributed by atoms with Crippen LogP contribution in [0.4, 0.5) is 0 Å². The van der Waals surface area contributed by atoms with Gasteiger partial charge < -0.3 is 19.3 Å². The molecule has 0 radical (unpaired) electrons. The van der Waals surface area contributed by atoms with Gasteiger partial charge in [0.15, 0.2) is 11.5 Å². The van der Waals surface area contributed by atoms with Crippen LogP contribution in [0.25, 0.3) is 0 Å². The number of likely N-dealkylation sites (tertiary alicyclic amines) is 1. The zero-order valence-corrected chi connectivity index (χ0v) is 14.5. The van der Waals surface area contributed by atoms with Crippen molar-refractivity contribution in [3.63, 3.8) is 0 Å². The molecule has 1 heterocycles. The molecule has 0 unspecified atom stereocenters. The van der Waals surface area contributed by atoms with Crippen LogP contribution < -0.4 is 9.47 Å². The second-order valence-corrected chi connectivity index (χ2v) is 6.44. The van der Waals surface area contributed by atoms with Crippen molar-refractivity contribution < 1.29 is 30.3 Å². The van der Waals surface area contributed by atoms with Crippen LogP contribution in [0.1, 0.15) is 48.6 Å². The standard InChI is InChI=1S/C20H31NO4/c1-23-19-8-7-15(13-20(19)24-2)10-12-25-18-6-4-3-5-17(18)21-11-9-16(22)14-21/h7-8,13,16-18,22H,3-6,9-12,14H2,1-2H3/t16-,17-,18-/m1/s1/i2D3,9D2,12D2,16D. The molecule has 1 saturated carbocycles. The van der Waals surface area contributed by atoms with E-state index in [2.05, 4.69) is 0 Å². The lowest BCUT2D eigenvalue weighted by Gasteiger charge is -2.37. The molecule has 3 rings (SSSR count). The molecule has 5 nitrogen and oxygen atoms in total. The highest BCUT2D eigenvalue weighted by atomic mass is 16.5. The number of aliphatic hydroxyl groups is 1. The number of nitrogens with zero attached hydrogens (tertiary/aromatic N) is 1. The van der Waals surface area contributed by atoms with Gasteiger partial charge in [-0.1, -0.05) is 18.9 Å². The summed E-state index contributed by atoms with van der Waals surface area (Å²) in [5.41, 5.74) is 0.463. The van der Waals surface area contributed by atoms with Crippen LogP contribution in [0.2, 0.25) is 0 Å². The Hall–Kier alpha value is -1.30. The molecule has 2 fully saturated rings. The summed E-state index contributed by atoms with van der Waals surface area (Å²) >= 11 is 0. The van der Waals surface area contributed by atoms with Gasteiger partial charge in [-0.3, -0.25) is 4.90 Å². The number of ether oxygens (including phenoxy) is 3. The summed E-state index contributed by atoms with van der Waals surface area (Å²) < 4.78 is 78.7. The molecule has 1 aliphatic heterocycles. The van der Waals surface area contributed by atoms with E-state index in [9.17, 15) is 5.11 Å². The van der Waals surface area contributed by atoms with E-state index in [1.54, 1.807) is 11.0 Å². The molecule has 140 valence electrons. The van der Waals surface area contributed by atoms with Crippen molar-refractivity contribution in [3.8, 4) is 11.5 Å². The molecule has 1 aromatic rings. The molecule has 1 saturated heterocycles. The lowest BCUT2D eigenvalue weighted by atomic mass is 9.91. The smallest absolute Gasteiger partial charge is 0.160 e. The fraction of sp³-hybridized carbons (Fsp3) is 0.700. The highest BCUT2D eigenvalue weighted by Gasteiger charge is 2.34. The van der Waals surface area contributed by atoms with Crippen LogP contribution in [-0.2, 0) is 11.2 Å². The zero-order valence-electron chi connectivity index (χ0n) is 22.5. The van der Waals surface area contributed by atoms with E-state index in [1.807, 2.05) is 0 Å². The highest BCUT2D eigenvalue weighted by molar-refractivity contribution is 5.42. The minimum atomic E-state index is -2.68. The molecule has 2 aliphatic rings. The van der Waals surface area contributed by atoms with E-state index in [4.69, 9.17) is 25.2 Å². The van der Waals surface area contributed by atoms with Crippen molar-refractivity contribution in [1.29, 1.82) is 0 Å². The quantitative estimate of drug-likeness (QED) is 0.813. The Balaban J connectivity index is 1.73. The van der Waals surface area contributed by atoms with Crippen molar-refractivity contribution in [2.75, 3.05) is 33.8 Å². The van der Waals surface area contributed by atoms with E-state index in [0.717, 1.165) is 12.8 Å². The summed E-state index contributed by atoms with van der Waals surface area (Å²) in [4.78, 5) is 1.70. The first kappa shape index (κ1) is 10.8. The molecule has 1 aromatic carbocycles. The fourth-order valence-electron chi connectivity index (χ4n) is 3.51. The third kappa shape index (κ3) is 4.66. The Labute approximate surface area is 162 Å². The number of hydrogen-bond acceptors (Lipinski definition) is 5. The Morgan fingerprint density at radius 1 is 1.36 bits per heavy atom. The van der Waals surface area contributed by atoms with Crippen molar-refractivity contribution in [2.45, 2.75) is 56.7 Å². The van der Waals surface area contributed by atoms with Gasteiger partial charge in [0, 0.05) is 21.9 Å². The molecule has 0 aromatic heterocycles. The fourth-order valence-corrected chi connectivity index (χ4v) is 3.51. The van der Waals surface area contributed by atoms with E-state index < -0.39 is 32.2 Å². The third-order valence-corrected chi connectivity index (χ3v) is 4.82. The minimum Gasteiger partial charge on any atom is -0.493 e. The minimum absolute atomic E-state index is 0.0182. The Morgan fingerprint density at radius 2 is 2.24 bits per heavy atom. The number of benzene rings is 1. The van der Waals surface area contributed by atoms with Crippen molar-refractivity contribution in [2.24, 2.45) is 0 Å². The predicted molar refractivity (Wildman–Crippen MR) is 97.4 cm³/mol. The number of rotatable bonds is 7. The number of aryl methyl sites for hydroxylation is 1. The highest BCUT2D eigenvalue weighted by Crippen LogP contribution is 2.30. The molecular formula is C20H31NO4. The van der Waals surface area contributed by atoms with Crippen LogP contribution in [0, 0.1) is 0 Å². The third-order valence-electron chi connectivity index (χ3n) is 4.82. The molecule has 0 spiro atoms. The first-order valence-electron chi connectivity index (χ1n) is 12.6. The average molecular weight is 358 g/mol. The maximum absolute atomic E-state index is 10.2. The van der Waals surface area contributed by atoms with Gasteiger partial charge in [0.1, 0.15) is 0 Å². The van der Waals surface area contributed by atoms with E-state index >= 15 is 0 Å². The lowest BCUT2D eigenvalue weighted by Crippen LogP contribution is -2.46. The van der Waals surface area contributed by atoms with Gasteiger partial charge in [0.2, 0.25) is 0 Å². The molecule has 0 bridgehead atoms. The second kappa shape index (κ2) is 8.88. The zero-order chi connectivity index (χ0) is 24.7. The van der Waals surface area contributed by atoms with E-state index in [0.29, 0.717) is 18.4 Å². The molecule has 1 aliphatic carbocycles. The van der Waals surface area contributed by atoms with Crippen LogP contribution in [0.5, 0.6) is 11.5 Å². The van der Waals surface area contributed by atoms with E-state index in [-0.39, 0.29) is 37.1 Å². The van der Waals surface area contributed by atoms with Crippen molar-refractivity contribution in [1.82, 2.24) is 4.90 Å². The number of methoxy groups -OCH3 is 2. The first-order chi connectivity index (χ1) is 15.1. The second-order valence-electron chi connectivity index (χ2n) is 6.44. The summed E-state index contributed by atoms with van der Waals surface area (Å²) in [5.74, 6) is 0.199. The van der Waals surface area contributed by atoms with Gasteiger partial charge in [-0.2, -0.15) is 0 Å². The topological polar surface area (TPSA) is 51.2 Å². The molecular weight excluding hydrogens is 318 g/mol. The Kier molecular flexibility index (Phi) is 3.82. The largest absolute Gasteiger partial charge is 0.493 e. The van der Waals surface area contributed by atoms with Gasteiger partial charge >= 0.3 is 0 Å². The normalized spacial score (nSPS) is 38.2. The maximum atomic E-state index is 10.2. The van der Waals surface area contributed by atoms with Crippen molar-refractivity contribution >= 4 is 0 Å². The van der Waals surface area contributed by atoms with Crippen LogP contribution in [0.3, 0.4) is 0 Å². The van der Waals surface area contributed by atoms with Gasteiger partial charge in [-0.15, -0.1) is 0 Å². The van der Waals surface area contributed by atoms with Crippen LogP contribution in [-0.4, -0.2) is 62.0 Å². The summed E-state index contributed by atoms with van der Waals surface area (Å²) in [7, 11) is -1.30. The number of hydrogen-bond donors (Lipinski definition) is 1. The molecule has 0 amide bonds. The van der Waals surface area contributed by atoms with Gasteiger partial charge in [0.25, 0.3) is 0 Å². The molecule has 25 heavy (non-hydrogen) atoms. The van der Waals surface area contributed by atoms with E-state index in [1.165, 1.54) is 19.2 Å². The lowest BCUT2D eigenvalue weighted by molar-refractivity contribution is -0.0316. The molecule has 3 atom stereocenters. The average Bonchev–Trinajstić information content (AvgIpc) is 2.87. The van der Waals surface area contributed by atoms with Crippen molar-refractivity contribution in [3.05, 3.63) is 23.8 Å². The summed E-state index contributed by atoms with van der Waals surface area (Å²) in [6, 6.07) is 4.23. The van der Waals surface area contributed by atoms with Crippen LogP contribution in [0.15, 0.2) is 18.2 Å². The summed E-state index contributed by atoms with van der Waals surface area (Å²) in [6.07, 6.45) is -2.06. The maximum Gasteiger partial charge on any atom is 0.160 e. The first-order valence-corrected chi connectivity index (χ1v) is 8.63. The number of β-amino-alcohol motifs (C(OH)–C–C–N with tert-alkyl or cyclic N) is 1. The van der Waals surface area contributed by atoms with Gasteiger partial charge in [-0.05, 0) is 43.3 Å². The Morgan fingerprint density at radius 3 is 3.00 bits per heavy atom. The SMILES string of the molecule is [2H]C([2H])([2H])Oc1cc(CC([2H])([2H])O[C@@H]2CCCC[C@H]2N2CC([2H])([2H])[C@@]([2H])(O)C2)ccc1OC. The monoisotopic (exact) mass is 357 g/mol. The van der Waals surface area contributed by atoms with Crippen LogP contribution >= 0.6 is 0 Å². The Bertz CT molecular complexity index is 817. The molecule has 1 N–H and O–H groups in total. The predicted octanol–water partition coefficient (Wildman–Crippen LogP) is 2.64. The van der Waals surface area contributed by atoms with Gasteiger partial charge in [0.05, 0.1) is 41.1 Å². The van der Waals surface area contributed by atoms with Gasteiger partial charge in [-0.25, -0.2) is 0 Å².